The van der Waals surface area contributed by atoms with E-state index in [1.165, 1.54) is 25.7 Å². The van der Waals surface area contributed by atoms with Crippen LogP contribution in [0.25, 0.3) is 0 Å². The summed E-state index contributed by atoms with van der Waals surface area (Å²) < 4.78 is 2.07. The maximum Gasteiger partial charge on any atom is 0.0846 e. The first-order chi connectivity index (χ1) is 10.1. The van der Waals surface area contributed by atoms with Gasteiger partial charge >= 0.3 is 0 Å². The number of nitrogens with zero attached hydrogens (tertiary/aromatic N) is 2. The van der Waals surface area contributed by atoms with E-state index in [0.29, 0.717) is 17.5 Å². The van der Waals surface area contributed by atoms with Gasteiger partial charge in [-0.3, -0.25) is 4.68 Å². The van der Waals surface area contributed by atoms with E-state index in [2.05, 4.69) is 9.78 Å². The van der Waals surface area contributed by atoms with Crippen LogP contribution >= 0.6 is 11.6 Å². The van der Waals surface area contributed by atoms with Crippen molar-refractivity contribution in [3.05, 3.63) is 52.3 Å². The summed E-state index contributed by atoms with van der Waals surface area (Å²) in [7, 11) is 0. The minimum Gasteiger partial charge on any atom is -0.388 e. The van der Waals surface area contributed by atoms with E-state index in [1.807, 2.05) is 37.4 Å². The number of hydrogen-bond donors (Lipinski definition) is 1. The average Bonchev–Trinajstić information content (AvgIpc) is 3.07. The average molecular weight is 305 g/mol. The smallest absolute Gasteiger partial charge is 0.0846 e. The number of aliphatic hydroxyl groups is 1. The van der Waals surface area contributed by atoms with Gasteiger partial charge in [-0.25, -0.2) is 0 Å². The molecular formula is C17H21ClN2O. The lowest BCUT2D eigenvalue weighted by molar-refractivity contribution is 0.176. The van der Waals surface area contributed by atoms with Gasteiger partial charge in [0.25, 0.3) is 0 Å². The predicted octanol–water partition coefficient (Wildman–Crippen LogP) is 4.24. The molecule has 1 aliphatic rings. The minimum atomic E-state index is -0.561. The second kappa shape index (κ2) is 6.20. The fraction of sp³-hybridized carbons (Fsp3) is 0.471. The van der Waals surface area contributed by atoms with Crippen molar-refractivity contribution in [2.24, 2.45) is 0 Å². The zero-order chi connectivity index (χ0) is 14.8. The summed E-state index contributed by atoms with van der Waals surface area (Å²) in [6, 6.07) is 8.26. The van der Waals surface area contributed by atoms with Crippen LogP contribution in [0.3, 0.4) is 0 Å². The molecule has 0 spiro atoms. The van der Waals surface area contributed by atoms with Gasteiger partial charge < -0.3 is 5.11 Å². The van der Waals surface area contributed by atoms with E-state index < -0.39 is 6.10 Å². The molecule has 1 unspecified atom stereocenters. The van der Waals surface area contributed by atoms with Crippen molar-refractivity contribution in [3.8, 4) is 0 Å². The lowest BCUT2D eigenvalue weighted by atomic mass is 10.0. The molecule has 112 valence electrons. The molecule has 2 aromatic rings. The Hall–Kier alpha value is -1.32. The fourth-order valence-electron chi connectivity index (χ4n) is 3.13. The highest BCUT2D eigenvalue weighted by Gasteiger charge is 2.18. The molecule has 1 heterocycles. The Morgan fingerprint density at radius 3 is 2.81 bits per heavy atom. The molecular weight excluding hydrogens is 284 g/mol. The van der Waals surface area contributed by atoms with Gasteiger partial charge in [0.2, 0.25) is 0 Å². The summed E-state index contributed by atoms with van der Waals surface area (Å²) in [5, 5.41) is 15.7. The first-order valence-corrected chi connectivity index (χ1v) is 7.99. The summed E-state index contributed by atoms with van der Waals surface area (Å²) in [6.45, 7) is 1.98. The molecule has 0 bridgehead atoms. The Kier molecular flexibility index (Phi) is 4.32. The van der Waals surface area contributed by atoms with Crippen molar-refractivity contribution < 1.29 is 5.11 Å². The lowest BCUT2D eigenvalue weighted by Crippen LogP contribution is -2.07. The maximum atomic E-state index is 10.4. The summed E-state index contributed by atoms with van der Waals surface area (Å²) in [5.74, 6) is 0. The molecule has 1 N–H and O–H groups in total. The van der Waals surface area contributed by atoms with Crippen molar-refractivity contribution in [1.29, 1.82) is 0 Å². The molecule has 3 nitrogen and oxygen atoms in total. The Labute approximate surface area is 130 Å². The second-order valence-electron chi connectivity index (χ2n) is 6.01. The molecule has 0 aliphatic heterocycles. The van der Waals surface area contributed by atoms with Crippen molar-refractivity contribution >= 4 is 11.6 Å². The van der Waals surface area contributed by atoms with Crippen molar-refractivity contribution in [3.63, 3.8) is 0 Å². The molecule has 1 aromatic carbocycles. The Balaban J connectivity index is 1.70. The van der Waals surface area contributed by atoms with Gasteiger partial charge in [0, 0.05) is 17.6 Å². The molecule has 0 saturated heterocycles. The van der Waals surface area contributed by atoms with E-state index in [-0.39, 0.29) is 0 Å². The van der Waals surface area contributed by atoms with E-state index in [9.17, 15) is 5.11 Å². The van der Waals surface area contributed by atoms with Gasteiger partial charge in [-0.1, -0.05) is 30.5 Å². The Morgan fingerprint density at radius 2 is 2.10 bits per heavy atom. The second-order valence-corrected chi connectivity index (χ2v) is 6.44. The lowest BCUT2D eigenvalue weighted by Gasteiger charge is -2.12. The molecule has 21 heavy (non-hydrogen) atoms. The van der Waals surface area contributed by atoms with Crippen molar-refractivity contribution in [1.82, 2.24) is 9.78 Å². The van der Waals surface area contributed by atoms with Gasteiger partial charge in [0.1, 0.15) is 0 Å². The molecule has 4 heteroatoms. The highest BCUT2D eigenvalue weighted by Crippen LogP contribution is 2.29. The van der Waals surface area contributed by atoms with Crippen LogP contribution < -0.4 is 0 Å². The quantitative estimate of drug-likeness (QED) is 0.917. The third-order valence-electron chi connectivity index (χ3n) is 4.21. The van der Waals surface area contributed by atoms with Crippen LogP contribution in [-0.2, 0) is 6.42 Å². The SMILES string of the molecule is Cc1cc(Cl)cc(C(O)Cc2ccn(C3CCCC3)n2)c1. The largest absolute Gasteiger partial charge is 0.388 e. The summed E-state index contributed by atoms with van der Waals surface area (Å²) in [4.78, 5) is 0. The third kappa shape index (κ3) is 3.47. The van der Waals surface area contributed by atoms with Gasteiger partial charge in [0.15, 0.2) is 0 Å². The van der Waals surface area contributed by atoms with Crippen LogP contribution in [0.2, 0.25) is 5.02 Å². The highest BCUT2D eigenvalue weighted by molar-refractivity contribution is 6.30. The number of halogens is 1. The number of hydrogen-bond acceptors (Lipinski definition) is 2. The van der Waals surface area contributed by atoms with Gasteiger partial charge in [-0.15, -0.1) is 0 Å². The molecule has 0 radical (unpaired) electrons. The molecule has 1 fully saturated rings. The third-order valence-corrected chi connectivity index (χ3v) is 4.43. The minimum absolute atomic E-state index is 0.527. The fourth-order valence-corrected chi connectivity index (χ4v) is 3.43. The molecule has 3 rings (SSSR count). The van der Waals surface area contributed by atoms with Crippen LogP contribution in [-0.4, -0.2) is 14.9 Å². The number of aliphatic hydroxyl groups excluding tert-OH is 1. The van der Waals surface area contributed by atoms with Gasteiger partial charge in [-0.05, 0) is 49.1 Å². The molecule has 1 atom stereocenters. The maximum absolute atomic E-state index is 10.4. The predicted molar refractivity (Wildman–Crippen MR) is 84.6 cm³/mol. The summed E-state index contributed by atoms with van der Waals surface area (Å²) in [5.41, 5.74) is 2.86. The first kappa shape index (κ1) is 14.6. The van der Waals surface area contributed by atoms with Crippen LogP contribution in [0, 0.1) is 6.92 Å². The molecule has 1 aromatic heterocycles. The van der Waals surface area contributed by atoms with Gasteiger partial charge in [0.05, 0.1) is 17.8 Å². The van der Waals surface area contributed by atoms with Crippen LogP contribution in [0.1, 0.15) is 54.6 Å². The van der Waals surface area contributed by atoms with Crippen LogP contribution in [0.5, 0.6) is 0 Å². The zero-order valence-electron chi connectivity index (χ0n) is 12.3. The monoisotopic (exact) mass is 304 g/mol. The van der Waals surface area contributed by atoms with Crippen molar-refractivity contribution in [2.75, 3.05) is 0 Å². The zero-order valence-corrected chi connectivity index (χ0v) is 13.1. The van der Waals surface area contributed by atoms with E-state index in [1.54, 1.807) is 0 Å². The first-order valence-electron chi connectivity index (χ1n) is 7.61. The number of aromatic nitrogens is 2. The topological polar surface area (TPSA) is 38.0 Å². The normalized spacial score (nSPS) is 17.3. The summed E-state index contributed by atoms with van der Waals surface area (Å²) in [6.07, 6.45) is 7.04. The van der Waals surface area contributed by atoms with E-state index >= 15 is 0 Å². The number of rotatable bonds is 4. The number of aryl methyl sites for hydroxylation is 1. The standard InChI is InChI=1S/C17H21ClN2O/c1-12-8-13(10-14(18)9-12)17(21)11-15-6-7-20(19-15)16-4-2-3-5-16/h6-10,16-17,21H,2-5,11H2,1H3. The summed E-state index contributed by atoms with van der Waals surface area (Å²) >= 11 is 6.06. The van der Waals surface area contributed by atoms with E-state index in [4.69, 9.17) is 11.6 Å². The molecule has 1 aliphatic carbocycles. The Morgan fingerprint density at radius 1 is 1.33 bits per heavy atom. The molecule has 1 saturated carbocycles. The Bertz CT molecular complexity index is 597. The van der Waals surface area contributed by atoms with Crippen molar-refractivity contribution in [2.45, 2.75) is 51.2 Å². The van der Waals surface area contributed by atoms with E-state index in [0.717, 1.165) is 16.8 Å². The van der Waals surface area contributed by atoms with Crippen LogP contribution in [0.4, 0.5) is 0 Å². The van der Waals surface area contributed by atoms with Crippen LogP contribution in [0.15, 0.2) is 30.5 Å². The number of benzene rings is 1. The highest BCUT2D eigenvalue weighted by atomic mass is 35.5. The van der Waals surface area contributed by atoms with Gasteiger partial charge in [-0.2, -0.15) is 5.10 Å². The molecule has 0 amide bonds.